The number of aromatic nitrogens is 4. The number of halogens is 2. The van der Waals surface area contributed by atoms with E-state index in [-0.39, 0.29) is 45.9 Å². The molecule has 3 aromatic heterocycles. The van der Waals surface area contributed by atoms with E-state index in [2.05, 4.69) is 15.3 Å². The lowest BCUT2D eigenvalue weighted by atomic mass is 10.0. The van der Waals surface area contributed by atoms with Crippen molar-refractivity contribution < 1.29 is 14.3 Å². The highest BCUT2D eigenvalue weighted by atomic mass is 35.5. The SMILES string of the molecule is COc1cc(OC)c(Cl)c(-c2cc3cnc(Nc4ccccn4)nc3n(Cc3cccc(CC(=O)/C=C/CN(C)C)c3)c2=O)c1Cl. The van der Waals surface area contributed by atoms with Gasteiger partial charge in [0.1, 0.15) is 23.0 Å². The molecule has 0 aliphatic heterocycles. The summed E-state index contributed by atoms with van der Waals surface area (Å²) in [6.07, 6.45) is 6.92. The Morgan fingerprint density at radius 1 is 0.978 bits per heavy atom. The van der Waals surface area contributed by atoms with Crippen LogP contribution in [-0.4, -0.2) is 65.1 Å². The summed E-state index contributed by atoms with van der Waals surface area (Å²) in [7, 11) is 6.82. The summed E-state index contributed by atoms with van der Waals surface area (Å²) in [6.45, 7) is 0.808. The van der Waals surface area contributed by atoms with E-state index < -0.39 is 5.56 Å². The number of ketones is 1. The van der Waals surface area contributed by atoms with Crippen LogP contribution in [0.5, 0.6) is 11.5 Å². The van der Waals surface area contributed by atoms with Gasteiger partial charge >= 0.3 is 0 Å². The largest absolute Gasteiger partial charge is 0.495 e. The van der Waals surface area contributed by atoms with Crippen molar-refractivity contribution in [3.05, 3.63) is 111 Å². The molecule has 0 aliphatic carbocycles. The zero-order valence-electron chi connectivity index (χ0n) is 25.8. The van der Waals surface area contributed by atoms with Crippen LogP contribution in [0.1, 0.15) is 11.1 Å². The fraction of sp³-hybridized carbons (Fsp3) is 0.206. The van der Waals surface area contributed by atoms with E-state index in [1.807, 2.05) is 55.4 Å². The Balaban J connectivity index is 1.63. The van der Waals surface area contributed by atoms with Crippen LogP contribution in [0.25, 0.3) is 22.2 Å². The quantitative estimate of drug-likeness (QED) is 0.157. The van der Waals surface area contributed by atoms with Gasteiger partial charge in [-0.3, -0.25) is 14.2 Å². The third kappa shape index (κ3) is 7.37. The Hall–Kier alpha value is -4.77. The van der Waals surface area contributed by atoms with Crippen molar-refractivity contribution in [3.63, 3.8) is 0 Å². The third-order valence-electron chi connectivity index (χ3n) is 7.06. The summed E-state index contributed by atoms with van der Waals surface area (Å²) in [6, 6.07) is 16.2. The Morgan fingerprint density at radius 2 is 1.72 bits per heavy atom. The smallest absolute Gasteiger partial charge is 0.260 e. The van der Waals surface area contributed by atoms with Crippen LogP contribution in [0.15, 0.2) is 83.9 Å². The third-order valence-corrected chi connectivity index (χ3v) is 7.81. The first kappa shape index (κ1) is 32.6. The maximum absolute atomic E-state index is 14.4. The molecular weight excluding hydrogens is 627 g/mol. The highest BCUT2D eigenvalue weighted by Gasteiger charge is 2.23. The van der Waals surface area contributed by atoms with E-state index >= 15 is 0 Å². The molecule has 5 aromatic rings. The lowest BCUT2D eigenvalue weighted by Gasteiger charge is -2.17. The first-order valence-electron chi connectivity index (χ1n) is 14.3. The Kier molecular flexibility index (Phi) is 10.3. The Morgan fingerprint density at radius 3 is 2.39 bits per heavy atom. The monoisotopic (exact) mass is 658 g/mol. The van der Waals surface area contributed by atoms with E-state index in [9.17, 15) is 9.59 Å². The molecule has 46 heavy (non-hydrogen) atoms. The van der Waals surface area contributed by atoms with E-state index in [0.717, 1.165) is 11.1 Å². The summed E-state index contributed by atoms with van der Waals surface area (Å²) < 4.78 is 12.5. The van der Waals surface area contributed by atoms with Gasteiger partial charge in [0.15, 0.2) is 5.78 Å². The lowest BCUT2D eigenvalue weighted by Crippen LogP contribution is -2.24. The number of benzene rings is 2. The van der Waals surface area contributed by atoms with Gasteiger partial charge in [-0.15, -0.1) is 0 Å². The summed E-state index contributed by atoms with van der Waals surface area (Å²) in [5, 5.41) is 3.97. The standard InChI is InChI=1S/C34H32Cl2N6O4/c1-41(2)14-8-11-24(43)16-21-9-7-10-22(15-21)20-42-32-23(19-38-34(40-32)39-28-12-5-6-13-37-28)17-25(33(42)44)29-30(35)26(45-3)18-27(46-4)31(29)36/h5-13,15,17-19H,14,16,20H2,1-4H3,(H,37,38,39,40)/b11-8+. The molecule has 0 radical (unpaired) electrons. The molecule has 0 amide bonds. The molecule has 10 nitrogen and oxygen atoms in total. The van der Waals surface area contributed by atoms with Gasteiger partial charge in [0.25, 0.3) is 5.56 Å². The van der Waals surface area contributed by atoms with Crippen molar-refractivity contribution in [2.24, 2.45) is 0 Å². The van der Waals surface area contributed by atoms with Crippen LogP contribution >= 0.6 is 23.2 Å². The van der Waals surface area contributed by atoms with E-state index in [0.29, 0.717) is 34.9 Å². The zero-order valence-corrected chi connectivity index (χ0v) is 27.3. The number of nitrogens with zero attached hydrogens (tertiary/aromatic N) is 5. The average Bonchev–Trinajstić information content (AvgIpc) is 3.04. The van der Waals surface area contributed by atoms with Crippen LogP contribution in [0.2, 0.25) is 10.0 Å². The van der Waals surface area contributed by atoms with Gasteiger partial charge in [-0.25, -0.2) is 9.97 Å². The van der Waals surface area contributed by atoms with Crippen molar-refractivity contribution in [2.45, 2.75) is 13.0 Å². The molecule has 3 heterocycles. The Labute approximate surface area is 276 Å². The molecule has 0 aliphatic rings. The number of ether oxygens (including phenoxy) is 2. The van der Waals surface area contributed by atoms with Crippen molar-refractivity contribution in [1.29, 1.82) is 0 Å². The first-order valence-corrected chi connectivity index (χ1v) is 15.0. The number of methoxy groups -OCH3 is 2. The number of pyridine rings is 2. The van der Waals surface area contributed by atoms with Crippen molar-refractivity contribution in [3.8, 4) is 22.6 Å². The molecule has 0 saturated heterocycles. The average molecular weight is 660 g/mol. The maximum atomic E-state index is 14.4. The van der Waals surface area contributed by atoms with Gasteiger partial charge in [-0.05, 0) is 49.5 Å². The zero-order chi connectivity index (χ0) is 32.8. The second-order valence-electron chi connectivity index (χ2n) is 10.7. The van der Waals surface area contributed by atoms with Crippen molar-refractivity contribution in [2.75, 3.05) is 40.2 Å². The van der Waals surface area contributed by atoms with Gasteiger partial charge in [0, 0.05) is 42.4 Å². The van der Waals surface area contributed by atoms with Gasteiger partial charge in [-0.2, -0.15) is 4.98 Å². The van der Waals surface area contributed by atoms with E-state index in [1.54, 1.807) is 42.7 Å². The number of likely N-dealkylation sites (N-methyl/N-ethyl adjacent to an activating group) is 1. The highest BCUT2D eigenvalue weighted by Crippen LogP contribution is 2.45. The minimum absolute atomic E-state index is 0.0159. The molecule has 2 aromatic carbocycles. The fourth-order valence-electron chi connectivity index (χ4n) is 4.89. The fourth-order valence-corrected chi connectivity index (χ4v) is 5.60. The number of nitrogens with one attached hydrogen (secondary N) is 1. The number of hydrogen-bond acceptors (Lipinski definition) is 9. The lowest BCUT2D eigenvalue weighted by molar-refractivity contribution is -0.114. The van der Waals surface area contributed by atoms with Gasteiger partial charge in [-0.1, -0.05) is 59.6 Å². The number of rotatable bonds is 12. The molecular formula is C34H32Cl2N6O4. The summed E-state index contributed by atoms with van der Waals surface area (Å²) in [5.41, 5.74) is 2.06. The number of carbonyl (C=O) groups is 1. The van der Waals surface area contributed by atoms with Crippen molar-refractivity contribution >= 4 is 51.8 Å². The van der Waals surface area contributed by atoms with Crippen LogP contribution in [-0.2, 0) is 17.8 Å². The molecule has 12 heteroatoms. The number of carbonyl (C=O) groups excluding carboxylic acids is 1. The summed E-state index contributed by atoms with van der Waals surface area (Å²) >= 11 is 13.5. The molecule has 0 unspecified atom stereocenters. The van der Waals surface area contributed by atoms with Gasteiger partial charge in [0.05, 0.1) is 36.4 Å². The molecule has 0 spiro atoms. The van der Waals surface area contributed by atoms with Gasteiger partial charge < -0.3 is 19.7 Å². The highest BCUT2D eigenvalue weighted by molar-refractivity contribution is 6.41. The molecule has 1 N–H and O–H groups in total. The predicted molar refractivity (Wildman–Crippen MR) is 182 cm³/mol. The first-order chi connectivity index (χ1) is 22.2. The summed E-state index contributed by atoms with van der Waals surface area (Å²) in [4.78, 5) is 42.5. The molecule has 0 atom stereocenters. The van der Waals surface area contributed by atoms with E-state index in [4.69, 9.17) is 37.7 Å². The minimum atomic E-state index is -0.401. The topological polar surface area (TPSA) is 111 Å². The van der Waals surface area contributed by atoms with Crippen LogP contribution in [0, 0.1) is 0 Å². The minimum Gasteiger partial charge on any atom is -0.495 e. The molecule has 0 fully saturated rings. The molecule has 5 rings (SSSR count). The normalized spacial score (nSPS) is 11.4. The molecule has 0 saturated carbocycles. The number of fused-ring (bicyclic) bond motifs is 1. The second-order valence-corrected chi connectivity index (χ2v) is 11.4. The van der Waals surface area contributed by atoms with Crippen LogP contribution in [0.3, 0.4) is 0 Å². The van der Waals surface area contributed by atoms with E-state index in [1.165, 1.54) is 18.8 Å². The molecule has 236 valence electrons. The second kappa shape index (κ2) is 14.6. The van der Waals surface area contributed by atoms with Gasteiger partial charge in [0.2, 0.25) is 5.95 Å². The van der Waals surface area contributed by atoms with Crippen molar-refractivity contribution in [1.82, 2.24) is 24.4 Å². The molecule has 0 bridgehead atoms. The Bertz CT molecular complexity index is 1950. The van der Waals surface area contributed by atoms with Crippen LogP contribution < -0.4 is 20.3 Å². The van der Waals surface area contributed by atoms with Crippen LogP contribution in [0.4, 0.5) is 11.8 Å². The number of hydrogen-bond donors (Lipinski definition) is 1. The predicted octanol–water partition coefficient (Wildman–Crippen LogP) is 6.20. The number of allylic oxidation sites excluding steroid dienone is 1. The summed E-state index contributed by atoms with van der Waals surface area (Å²) in [5.74, 6) is 1.39. The maximum Gasteiger partial charge on any atom is 0.260 e. The number of anilines is 2.